The standard InChI is InChI=1S/C17H26N2O/c1-12-6-4-3-5-7-16(12)19-11-15-9-8-14(17(18)20)10-13(15)2/h8-10,12,16,19H,3-7,11H2,1-2H3,(H2,18,20). The Morgan fingerprint density at radius 1 is 1.30 bits per heavy atom. The van der Waals surface area contributed by atoms with E-state index in [0.717, 1.165) is 18.0 Å². The third-order valence-electron chi connectivity index (χ3n) is 4.54. The van der Waals surface area contributed by atoms with E-state index in [1.54, 1.807) is 0 Å². The van der Waals surface area contributed by atoms with Crippen LogP contribution in [0, 0.1) is 12.8 Å². The number of amides is 1. The van der Waals surface area contributed by atoms with Gasteiger partial charge in [0.2, 0.25) is 5.91 Å². The van der Waals surface area contributed by atoms with E-state index in [2.05, 4.69) is 12.2 Å². The Morgan fingerprint density at radius 3 is 2.75 bits per heavy atom. The van der Waals surface area contributed by atoms with Crippen molar-refractivity contribution in [1.29, 1.82) is 0 Å². The highest BCUT2D eigenvalue weighted by Gasteiger charge is 2.19. The van der Waals surface area contributed by atoms with Crippen LogP contribution in [-0.2, 0) is 6.54 Å². The van der Waals surface area contributed by atoms with Crippen LogP contribution in [0.4, 0.5) is 0 Å². The smallest absolute Gasteiger partial charge is 0.248 e. The van der Waals surface area contributed by atoms with Crippen LogP contribution in [0.25, 0.3) is 0 Å². The number of nitrogens with two attached hydrogens (primary N) is 1. The second kappa shape index (κ2) is 6.89. The van der Waals surface area contributed by atoms with Crippen molar-refractivity contribution >= 4 is 5.91 Å². The molecule has 0 spiro atoms. The van der Waals surface area contributed by atoms with Gasteiger partial charge in [0.05, 0.1) is 0 Å². The number of primary amides is 1. The van der Waals surface area contributed by atoms with Gasteiger partial charge < -0.3 is 11.1 Å². The Morgan fingerprint density at radius 2 is 2.05 bits per heavy atom. The van der Waals surface area contributed by atoms with Crippen LogP contribution in [0.3, 0.4) is 0 Å². The molecule has 3 heteroatoms. The number of hydrogen-bond acceptors (Lipinski definition) is 2. The van der Waals surface area contributed by atoms with Crippen LogP contribution in [0.15, 0.2) is 18.2 Å². The van der Waals surface area contributed by atoms with Crippen molar-refractivity contribution in [2.75, 3.05) is 0 Å². The van der Waals surface area contributed by atoms with Gasteiger partial charge in [0.25, 0.3) is 0 Å². The Hall–Kier alpha value is -1.35. The summed E-state index contributed by atoms with van der Waals surface area (Å²) in [6, 6.07) is 6.34. The zero-order valence-electron chi connectivity index (χ0n) is 12.6. The molecule has 1 aromatic carbocycles. The Bertz CT molecular complexity index is 470. The van der Waals surface area contributed by atoms with E-state index in [-0.39, 0.29) is 5.91 Å². The van der Waals surface area contributed by atoms with Crippen LogP contribution < -0.4 is 11.1 Å². The van der Waals surface area contributed by atoms with E-state index in [1.807, 2.05) is 25.1 Å². The minimum atomic E-state index is -0.356. The zero-order chi connectivity index (χ0) is 14.5. The molecule has 2 unspecified atom stereocenters. The van der Waals surface area contributed by atoms with E-state index in [0.29, 0.717) is 11.6 Å². The van der Waals surface area contributed by atoms with E-state index >= 15 is 0 Å². The molecule has 0 heterocycles. The molecule has 110 valence electrons. The summed E-state index contributed by atoms with van der Waals surface area (Å²) in [5.41, 5.74) is 8.29. The molecule has 0 radical (unpaired) electrons. The molecule has 2 atom stereocenters. The van der Waals surface area contributed by atoms with Crippen molar-refractivity contribution in [1.82, 2.24) is 5.32 Å². The molecule has 20 heavy (non-hydrogen) atoms. The molecule has 1 amide bonds. The highest BCUT2D eigenvalue weighted by Crippen LogP contribution is 2.23. The quantitative estimate of drug-likeness (QED) is 0.829. The van der Waals surface area contributed by atoms with Crippen LogP contribution in [0.2, 0.25) is 0 Å². The number of carbonyl (C=O) groups excluding carboxylic acids is 1. The molecule has 3 N–H and O–H groups in total. The molecule has 1 aliphatic carbocycles. The van der Waals surface area contributed by atoms with Crippen LogP contribution in [0.1, 0.15) is 60.5 Å². The van der Waals surface area contributed by atoms with Gasteiger partial charge >= 0.3 is 0 Å². The number of rotatable bonds is 4. The van der Waals surface area contributed by atoms with Crippen LogP contribution in [0.5, 0.6) is 0 Å². The summed E-state index contributed by atoms with van der Waals surface area (Å²) in [6.07, 6.45) is 6.68. The largest absolute Gasteiger partial charge is 0.366 e. The predicted octanol–water partition coefficient (Wildman–Crippen LogP) is 3.15. The van der Waals surface area contributed by atoms with Crippen molar-refractivity contribution in [3.63, 3.8) is 0 Å². The molecule has 1 aromatic rings. The fourth-order valence-corrected chi connectivity index (χ4v) is 3.08. The molecule has 0 aliphatic heterocycles. The highest BCUT2D eigenvalue weighted by atomic mass is 16.1. The normalized spacial score (nSPS) is 23.3. The number of benzene rings is 1. The summed E-state index contributed by atoms with van der Waals surface area (Å²) >= 11 is 0. The van der Waals surface area contributed by atoms with Gasteiger partial charge in [0.1, 0.15) is 0 Å². The summed E-state index contributed by atoms with van der Waals surface area (Å²) in [4.78, 5) is 11.2. The van der Waals surface area contributed by atoms with Gasteiger partial charge in [-0.15, -0.1) is 0 Å². The summed E-state index contributed by atoms with van der Waals surface area (Å²) in [6.45, 7) is 5.27. The van der Waals surface area contributed by atoms with Gasteiger partial charge in [-0.05, 0) is 48.9 Å². The SMILES string of the molecule is Cc1cc(C(N)=O)ccc1CNC1CCCCCC1C. The molecule has 0 aromatic heterocycles. The number of hydrogen-bond donors (Lipinski definition) is 2. The third kappa shape index (κ3) is 3.83. The summed E-state index contributed by atoms with van der Waals surface area (Å²) in [5.74, 6) is 0.396. The minimum Gasteiger partial charge on any atom is -0.366 e. The van der Waals surface area contributed by atoms with E-state index < -0.39 is 0 Å². The lowest BCUT2D eigenvalue weighted by Gasteiger charge is -2.23. The van der Waals surface area contributed by atoms with Crippen molar-refractivity contribution in [2.24, 2.45) is 11.7 Å². The molecule has 1 fully saturated rings. The Labute approximate surface area is 121 Å². The Balaban J connectivity index is 1.97. The van der Waals surface area contributed by atoms with Gasteiger partial charge in [-0.25, -0.2) is 0 Å². The first-order valence-corrected chi connectivity index (χ1v) is 7.70. The lowest BCUT2D eigenvalue weighted by Crippen LogP contribution is -2.34. The van der Waals surface area contributed by atoms with Crippen molar-refractivity contribution < 1.29 is 4.79 Å². The molecule has 1 saturated carbocycles. The molecule has 0 bridgehead atoms. The number of aryl methyl sites for hydroxylation is 1. The fourth-order valence-electron chi connectivity index (χ4n) is 3.08. The zero-order valence-corrected chi connectivity index (χ0v) is 12.6. The van der Waals surface area contributed by atoms with Gasteiger partial charge in [-0.2, -0.15) is 0 Å². The van der Waals surface area contributed by atoms with Gasteiger partial charge in [0.15, 0.2) is 0 Å². The first-order chi connectivity index (χ1) is 9.58. The van der Waals surface area contributed by atoms with E-state index in [4.69, 9.17) is 5.73 Å². The average molecular weight is 274 g/mol. The molecular formula is C17H26N2O. The first kappa shape index (κ1) is 15.0. The lowest BCUT2D eigenvalue weighted by atomic mass is 9.96. The van der Waals surface area contributed by atoms with E-state index in [9.17, 15) is 4.79 Å². The van der Waals surface area contributed by atoms with Crippen molar-refractivity contribution in [2.45, 2.75) is 58.5 Å². The average Bonchev–Trinajstić information content (AvgIpc) is 2.62. The van der Waals surface area contributed by atoms with Crippen molar-refractivity contribution in [3.8, 4) is 0 Å². The topological polar surface area (TPSA) is 55.1 Å². The molecular weight excluding hydrogens is 248 g/mol. The maximum Gasteiger partial charge on any atom is 0.248 e. The Kier molecular flexibility index (Phi) is 5.18. The number of carbonyl (C=O) groups is 1. The minimum absolute atomic E-state index is 0.356. The third-order valence-corrected chi connectivity index (χ3v) is 4.54. The molecule has 1 aliphatic rings. The molecule has 2 rings (SSSR count). The summed E-state index contributed by atoms with van der Waals surface area (Å²) in [7, 11) is 0. The van der Waals surface area contributed by atoms with Gasteiger partial charge in [0, 0.05) is 18.2 Å². The lowest BCUT2D eigenvalue weighted by molar-refractivity contribution is 0.1000. The van der Waals surface area contributed by atoms with Gasteiger partial charge in [-0.3, -0.25) is 4.79 Å². The summed E-state index contributed by atoms with van der Waals surface area (Å²) in [5, 5.41) is 3.70. The maximum absolute atomic E-state index is 11.2. The van der Waals surface area contributed by atoms with E-state index in [1.165, 1.54) is 37.7 Å². The maximum atomic E-state index is 11.2. The predicted molar refractivity (Wildman–Crippen MR) is 82.6 cm³/mol. The highest BCUT2D eigenvalue weighted by molar-refractivity contribution is 5.93. The summed E-state index contributed by atoms with van der Waals surface area (Å²) < 4.78 is 0. The van der Waals surface area contributed by atoms with Gasteiger partial charge in [-0.1, -0.05) is 32.3 Å². The monoisotopic (exact) mass is 274 g/mol. The van der Waals surface area contributed by atoms with Crippen LogP contribution >= 0.6 is 0 Å². The second-order valence-electron chi connectivity index (χ2n) is 6.11. The van der Waals surface area contributed by atoms with Crippen molar-refractivity contribution in [3.05, 3.63) is 34.9 Å². The number of nitrogens with one attached hydrogen (secondary N) is 1. The van der Waals surface area contributed by atoms with Crippen LogP contribution in [-0.4, -0.2) is 11.9 Å². The molecule has 3 nitrogen and oxygen atoms in total. The first-order valence-electron chi connectivity index (χ1n) is 7.70. The fraction of sp³-hybridized carbons (Fsp3) is 0.588. The second-order valence-corrected chi connectivity index (χ2v) is 6.11. The molecule has 0 saturated heterocycles.